The number of nitrogens with zero attached hydrogens (tertiary/aromatic N) is 2. The Balaban J connectivity index is 2.69. The van der Waals surface area contributed by atoms with Crippen LogP contribution in [0, 0.1) is 9.39 Å². The molecule has 1 aromatic carbocycles. The fourth-order valence-electron chi connectivity index (χ4n) is 1.81. The zero-order chi connectivity index (χ0) is 15.6. The predicted octanol–water partition coefficient (Wildman–Crippen LogP) is 2.33. The van der Waals surface area contributed by atoms with E-state index in [4.69, 9.17) is 0 Å². The van der Waals surface area contributed by atoms with E-state index in [0.29, 0.717) is 21.2 Å². The number of carbonyl (C=O) groups is 1. The largest absolute Gasteiger partial charge is 0.464 e. The molecule has 0 bridgehead atoms. The molecule has 0 amide bonds. The van der Waals surface area contributed by atoms with Crippen molar-refractivity contribution in [3.8, 4) is 5.69 Å². The highest BCUT2D eigenvalue weighted by atomic mass is 127. The zero-order valence-electron chi connectivity index (χ0n) is 11.4. The minimum atomic E-state index is -0.791. The Morgan fingerprint density at radius 3 is 2.76 bits per heavy atom. The van der Waals surface area contributed by atoms with E-state index in [1.165, 1.54) is 30.0 Å². The van der Waals surface area contributed by atoms with Gasteiger partial charge >= 0.3 is 5.97 Å². The Hall–Kier alpha value is -1.77. The molecule has 0 aliphatic rings. The predicted molar refractivity (Wildman–Crippen MR) is 83.2 cm³/mol. The molecule has 2 aromatic rings. The topological polar surface area (TPSA) is 61.2 Å². The van der Waals surface area contributed by atoms with Crippen LogP contribution in [0.3, 0.4) is 0 Å². The average Bonchev–Trinajstić information content (AvgIpc) is 2.47. The summed E-state index contributed by atoms with van der Waals surface area (Å²) >= 11 is 1.97. The van der Waals surface area contributed by atoms with Gasteiger partial charge in [0.1, 0.15) is 5.82 Å². The summed E-state index contributed by atoms with van der Waals surface area (Å²) < 4.78 is 19.8. The molecule has 5 nitrogen and oxygen atoms in total. The van der Waals surface area contributed by atoms with Gasteiger partial charge in [0.2, 0.25) is 11.1 Å². The van der Waals surface area contributed by atoms with Gasteiger partial charge in [-0.2, -0.15) is 5.10 Å². The summed E-state index contributed by atoms with van der Waals surface area (Å²) in [4.78, 5) is 23.7. The molecule has 21 heavy (non-hydrogen) atoms. The first-order valence-electron chi connectivity index (χ1n) is 6.14. The summed E-state index contributed by atoms with van der Waals surface area (Å²) in [5, 5.41) is 4.01. The number of aromatic nitrogens is 2. The average molecular weight is 402 g/mol. The Morgan fingerprint density at radius 1 is 1.48 bits per heavy atom. The summed E-state index contributed by atoms with van der Waals surface area (Å²) in [5.74, 6) is -1.16. The van der Waals surface area contributed by atoms with E-state index in [9.17, 15) is 14.0 Å². The van der Waals surface area contributed by atoms with Crippen molar-refractivity contribution >= 4 is 28.6 Å². The second kappa shape index (κ2) is 6.33. The molecule has 0 unspecified atom stereocenters. The van der Waals surface area contributed by atoms with Gasteiger partial charge in [-0.25, -0.2) is 13.9 Å². The third kappa shape index (κ3) is 3.12. The van der Waals surface area contributed by atoms with Crippen LogP contribution in [0.15, 0.2) is 29.2 Å². The monoisotopic (exact) mass is 402 g/mol. The van der Waals surface area contributed by atoms with Crippen LogP contribution >= 0.6 is 22.6 Å². The van der Waals surface area contributed by atoms with Gasteiger partial charge in [0.05, 0.1) is 12.8 Å². The normalized spacial score (nSPS) is 10.5. The van der Waals surface area contributed by atoms with Crippen LogP contribution in [0.2, 0.25) is 0 Å². The van der Waals surface area contributed by atoms with Crippen LogP contribution in [0.4, 0.5) is 4.39 Å². The second-order valence-corrected chi connectivity index (χ2v) is 5.38. The molecule has 0 saturated carbocycles. The lowest BCUT2D eigenvalue weighted by atomic mass is 10.2. The lowest BCUT2D eigenvalue weighted by Gasteiger charge is -2.11. The van der Waals surface area contributed by atoms with Crippen LogP contribution < -0.4 is 5.43 Å². The number of rotatable bonds is 3. The molecule has 0 spiro atoms. The number of ether oxygens (including phenoxy) is 1. The first-order valence-corrected chi connectivity index (χ1v) is 7.22. The molecule has 7 heteroatoms. The van der Waals surface area contributed by atoms with Crippen LogP contribution in [0.1, 0.15) is 23.0 Å². The fraction of sp³-hybridized carbons (Fsp3) is 0.214. The van der Waals surface area contributed by atoms with Crippen LogP contribution in [0.25, 0.3) is 5.69 Å². The number of benzene rings is 1. The van der Waals surface area contributed by atoms with E-state index >= 15 is 0 Å². The van der Waals surface area contributed by atoms with Gasteiger partial charge in [0.25, 0.3) is 0 Å². The number of methoxy groups -OCH3 is 1. The van der Waals surface area contributed by atoms with Gasteiger partial charge in [0.15, 0.2) is 0 Å². The van der Waals surface area contributed by atoms with Gasteiger partial charge in [-0.05, 0) is 47.2 Å². The van der Waals surface area contributed by atoms with Gasteiger partial charge in [-0.3, -0.25) is 4.79 Å². The Bertz CT molecular complexity index is 758. The summed E-state index contributed by atoms with van der Waals surface area (Å²) in [5.41, 5.74) is 0.289. The van der Waals surface area contributed by atoms with Crippen molar-refractivity contribution in [1.82, 2.24) is 9.78 Å². The summed E-state index contributed by atoms with van der Waals surface area (Å²) in [7, 11) is 1.19. The Labute approximate surface area is 133 Å². The third-order valence-corrected chi connectivity index (χ3v) is 3.77. The Morgan fingerprint density at radius 2 is 2.19 bits per heavy atom. The fourth-order valence-corrected chi connectivity index (χ4v) is 2.54. The maximum atomic E-state index is 13.2. The van der Waals surface area contributed by atoms with Crippen molar-refractivity contribution in [2.75, 3.05) is 7.11 Å². The number of hydrogen-bond donors (Lipinski definition) is 0. The number of halogens is 2. The highest BCUT2D eigenvalue weighted by Crippen LogP contribution is 2.17. The van der Waals surface area contributed by atoms with Crippen molar-refractivity contribution in [2.24, 2.45) is 0 Å². The molecular weight excluding hydrogens is 390 g/mol. The molecule has 110 valence electrons. The number of esters is 1. The zero-order valence-corrected chi connectivity index (χ0v) is 13.5. The van der Waals surface area contributed by atoms with Gasteiger partial charge < -0.3 is 4.74 Å². The van der Waals surface area contributed by atoms with E-state index in [-0.39, 0.29) is 11.5 Å². The summed E-state index contributed by atoms with van der Waals surface area (Å²) in [6.07, 6.45) is 1.99. The first kappa shape index (κ1) is 15.6. The van der Waals surface area contributed by atoms with Crippen molar-refractivity contribution in [3.63, 3.8) is 0 Å². The maximum Gasteiger partial charge on any atom is 0.362 e. The Kier molecular flexibility index (Phi) is 4.71. The molecule has 0 atom stereocenters. The van der Waals surface area contributed by atoms with Crippen LogP contribution in [-0.4, -0.2) is 22.9 Å². The molecule has 0 aliphatic carbocycles. The molecule has 0 saturated heterocycles. The lowest BCUT2D eigenvalue weighted by molar-refractivity contribution is 0.0590. The second-order valence-electron chi connectivity index (χ2n) is 4.22. The van der Waals surface area contributed by atoms with Crippen molar-refractivity contribution in [3.05, 3.63) is 55.3 Å². The standard InChI is InChI=1S/C14H12FIN2O3/c1-3-8-7-18(11-5-4-9(15)6-10(11)16)17-12(13(8)19)14(20)21-2/h4-7H,3H2,1-2H3. The van der Waals surface area contributed by atoms with Crippen LogP contribution in [-0.2, 0) is 11.2 Å². The first-order chi connectivity index (χ1) is 9.97. The van der Waals surface area contributed by atoms with Gasteiger partial charge in [-0.1, -0.05) is 6.92 Å². The van der Waals surface area contributed by atoms with Gasteiger partial charge in [0, 0.05) is 15.3 Å². The van der Waals surface area contributed by atoms with E-state index in [1.54, 1.807) is 13.1 Å². The molecule has 0 N–H and O–H groups in total. The highest BCUT2D eigenvalue weighted by molar-refractivity contribution is 14.1. The molecule has 0 aliphatic heterocycles. The smallest absolute Gasteiger partial charge is 0.362 e. The molecule has 0 radical (unpaired) electrons. The van der Waals surface area contributed by atoms with Crippen LogP contribution in [0.5, 0.6) is 0 Å². The third-order valence-electron chi connectivity index (χ3n) is 2.91. The minimum absolute atomic E-state index is 0.281. The molecule has 0 fully saturated rings. The van der Waals surface area contributed by atoms with E-state index in [2.05, 4.69) is 9.84 Å². The summed E-state index contributed by atoms with van der Waals surface area (Å²) in [6, 6.07) is 4.18. The van der Waals surface area contributed by atoms with Crippen molar-refractivity contribution in [2.45, 2.75) is 13.3 Å². The number of carbonyl (C=O) groups excluding carboxylic acids is 1. The molecule has 2 rings (SSSR count). The minimum Gasteiger partial charge on any atom is -0.464 e. The lowest BCUT2D eigenvalue weighted by Crippen LogP contribution is -2.25. The number of aryl methyl sites for hydroxylation is 1. The van der Waals surface area contributed by atoms with E-state index < -0.39 is 11.4 Å². The molecule has 1 aromatic heterocycles. The maximum absolute atomic E-state index is 13.2. The van der Waals surface area contributed by atoms with Crippen molar-refractivity contribution < 1.29 is 13.9 Å². The SMILES string of the molecule is CCc1cn(-c2ccc(F)cc2I)nc(C(=O)OC)c1=O. The van der Waals surface area contributed by atoms with E-state index in [0.717, 1.165) is 0 Å². The molecular formula is C14H12FIN2O3. The summed E-state index contributed by atoms with van der Waals surface area (Å²) in [6.45, 7) is 1.80. The van der Waals surface area contributed by atoms with E-state index in [1.807, 2.05) is 22.6 Å². The highest BCUT2D eigenvalue weighted by Gasteiger charge is 2.18. The van der Waals surface area contributed by atoms with Gasteiger partial charge in [-0.15, -0.1) is 0 Å². The quantitative estimate of drug-likeness (QED) is 0.584. The number of hydrogen-bond acceptors (Lipinski definition) is 4. The van der Waals surface area contributed by atoms with Crippen molar-refractivity contribution in [1.29, 1.82) is 0 Å². The molecule has 1 heterocycles.